The first-order valence-electron chi connectivity index (χ1n) is 9.16. The minimum atomic E-state index is -4.94. The Morgan fingerprint density at radius 2 is 1.03 bits per heavy atom. The summed E-state index contributed by atoms with van der Waals surface area (Å²) in [6.07, 6.45) is 0. The summed E-state index contributed by atoms with van der Waals surface area (Å²) in [5.74, 6) is 1.41. The third kappa shape index (κ3) is 6.67. The summed E-state index contributed by atoms with van der Waals surface area (Å²) in [6.45, 7) is 0. The van der Waals surface area contributed by atoms with Gasteiger partial charge in [0.05, 0.1) is 28.2 Å². The molecule has 1 aromatic heterocycles. The van der Waals surface area contributed by atoms with Crippen LogP contribution in [0.3, 0.4) is 0 Å². The first-order chi connectivity index (χ1) is 15.2. The highest BCUT2D eigenvalue weighted by atomic mass is 35.7. The molecule has 9 heteroatoms. The molecule has 32 heavy (non-hydrogen) atoms. The monoisotopic (exact) mass is 453 g/mol. The van der Waals surface area contributed by atoms with E-state index in [1.165, 1.54) is 6.07 Å². The predicted molar refractivity (Wildman–Crippen MR) is 106 cm³/mol. The maximum Gasteiger partial charge on any atom is 0.361 e. The van der Waals surface area contributed by atoms with Crippen molar-refractivity contribution < 1.29 is 38.2 Å². The van der Waals surface area contributed by atoms with Crippen LogP contribution in [0.15, 0.2) is 101 Å². The minimum absolute atomic E-state index is 0.0656. The topological polar surface area (TPSA) is 147 Å². The van der Waals surface area contributed by atoms with Crippen molar-refractivity contribution in [3.8, 4) is 33.8 Å². The number of rotatable bonds is 4. The van der Waals surface area contributed by atoms with Gasteiger partial charge in [-0.05, 0) is 29.8 Å². The summed E-state index contributed by atoms with van der Waals surface area (Å²) < 4.78 is 40.1. The van der Waals surface area contributed by atoms with Crippen molar-refractivity contribution in [1.29, 1.82) is 0 Å². The molecule has 0 saturated heterocycles. The molecule has 0 N–H and O–H groups in total. The fourth-order valence-electron chi connectivity index (χ4n) is 2.96. The van der Waals surface area contributed by atoms with Crippen molar-refractivity contribution >= 4 is 5.69 Å². The normalized spacial score (nSPS) is 10.8. The van der Waals surface area contributed by atoms with Crippen LogP contribution in [0.1, 0.15) is 0 Å². The van der Waals surface area contributed by atoms with Gasteiger partial charge in [0.1, 0.15) is 0 Å². The van der Waals surface area contributed by atoms with Gasteiger partial charge in [0.15, 0.2) is 0 Å². The number of hydrogen-bond donors (Lipinski definition) is 0. The number of benzene rings is 3. The van der Waals surface area contributed by atoms with E-state index in [-0.39, 0.29) is 10.6 Å². The summed E-state index contributed by atoms with van der Waals surface area (Å²) in [5, 5.41) is 11.1. The molecule has 0 unspecified atom stereocenters. The van der Waals surface area contributed by atoms with E-state index in [1.807, 2.05) is 78.9 Å². The summed E-state index contributed by atoms with van der Waals surface area (Å²) in [4.78, 5) is 10.8. The number of halogens is 1. The Morgan fingerprint density at radius 1 is 0.594 bits per heavy atom. The molecular formula is C23H16ClNO7. The van der Waals surface area contributed by atoms with E-state index in [2.05, 4.69) is 0 Å². The van der Waals surface area contributed by atoms with Crippen molar-refractivity contribution in [3.63, 3.8) is 0 Å². The van der Waals surface area contributed by atoms with Gasteiger partial charge in [-0.2, -0.15) is 0 Å². The van der Waals surface area contributed by atoms with Crippen molar-refractivity contribution in [3.05, 3.63) is 107 Å². The standard InChI is InChI=1S/C23H16NO3.ClHO4/c25-24(26)21-13-7-12-19(14-21)20-15-22(17-8-3-1-4-9-17)27-23(16-20)18-10-5-2-6-11-18;2-1(3,4)5/h1-16H;(H,2,3,4,5)/q+1;/p-1. The van der Waals surface area contributed by atoms with Crippen LogP contribution in [-0.2, 0) is 0 Å². The Labute approximate surface area is 185 Å². The molecule has 1 heterocycles. The van der Waals surface area contributed by atoms with Crippen molar-refractivity contribution in [1.82, 2.24) is 0 Å². The van der Waals surface area contributed by atoms with Crippen molar-refractivity contribution in [2.24, 2.45) is 0 Å². The van der Waals surface area contributed by atoms with Crippen molar-refractivity contribution in [2.45, 2.75) is 0 Å². The van der Waals surface area contributed by atoms with Gasteiger partial charge in [-0.1, -0.05) is 48.5 Å². The quantitative estimate of drug-likeness (QED) is 0.259. The molecule has 0 spiro atoms. The summed E-state index contributed by atoms with van der Waals surface area (Å²) in [5.41, 5.74) is 3.59. The molecule has 0 atom stereocenters. The molecule has 0 bridgehead atoms. The molecule has 0 aliphatic heterocycles. The average molecular weight is 454 g/mol. The van der Waals surface area contributed by atoms with Gasteiger partial charge in [0, 0.05) is 17.7 Å². The number of non-ortho nitro benzene ring substituents is 1. The molecule has 162 valence electrons. The summed E-state index contributed by atoms with van der Waals surface area (Å²) in [7, 11) is -4.94. The molecule has 4 aromatic rings. The summed E-state index contributed by atoms with van der Waals surface area (Å²) >= 11 is 0. The third-order valence-electron chi connectivity index (χ3n) is 4.30. The fraction of sp³-hybridized carbons (Fsp3) is 0. The zero-order chi connectivity index (χ0) is 23.1. The number of hydrogen-bond acceptors (Lipinski definition) is 6. The molecule has 0 radical (unpaired) electrons. The van der Waals surface area contributed by atoms with E-state index < -0.39 is 10.2 Å². The molecule has 0 aliphatic carbocycles. The molecule has 0 aliphatic rings. The summed E-state index contributed by atoms with van der Waals surface area (Å²) in [6, 6.07) is 30.1. The first kappa shape index (κ1) is 23.0. The van der Waals surface area contributed by atoms with Crippen LogP contribution >= 0.6 is 0 Å². The lowest BCUT2D eigenvalue weighted by atomic mass is 10.0. The number of nitro groups is 1. The Hall–Kier alpha value is -3.66. The predicted octanol–water partition coefficient (Wildman–Crippen LogP) is 1.71. The Kier molecular flexibility index (Phi) is 7.26. The van der Waals surface area contributed by atoms with Crippen LogP contribution < -0.4 is 18.6 Å². The highest BCUT2D eigenvalue weighted by Gasteiger charge is 2.21. The minimum Gasteiger partial charge on any atom is -0.258 e. The van der Waals surface area contributed by atoms with Gasteiger partial charge in [0.2, 0.25) is 0 Å². The third-order valence-corrected chi connectivity index (χ3v) is 4.30. The van der Waals surface area contributed by atoms with Gasteiger partial charge in [-0.25, -0.2) is 23.1 Å². The van der Waals surface area contributed by atoms with Crippen LogP contribution in [0.5, 0.6) is 0 Å². The van der Waals surface area contributed by atoms with E-state index >= 15 is 0 Å². The molecule has 0 fully saturated rings. The Morgan fingerprint density at radius 3 is 1.47 bits per heavy atom. The van der Waals surface area contributed by atoms with E-state index in [4.69, 9.17) is 23.1 Å². The lowest BCUT2D eigenvalue weighted by Crippen LogP contribution is -2.68. The lowest BCUT2D eigenvalue weighted by Gasteiger charge is -2.17. The number of nitrogens with zero attached hydrogens (tertiary/aromatic N) is 1. The van der Waals surface area contributed by atoms with Crippen LogP contribution in [0.25, 0.3) is 33.8 Å². The maximum atomic E-state index is 11.1. The number of nitro benzene ring substituents is 1. The van der Waals surface area contributed by atoms with Crippen LogP contribution in [0.4, 0.5) is 5.69 Å². The molecular weight excluding hydrogens is 438 g/mol. The average Bonchev–Trinajstić information content (AvgIpc) is 2.79. The van der Waals surface area contributed by atoms with Gasteiger partial charge < -0.3 is 0 Å². The van der Waals surface area contributed by atoms with E-state index in [0.29, 0.717) is 11.5 Å². The highest BCUT2D eigenvalue weighted by Crippen LogP contribution is 2.33. The smallest absolute Gasteiger partial charge is 0.258 e. The first-order valence-corrected chi connectivity index (χ1v) is 10.4. The van der Waals surface area contributed by atoms with Gasteiger partial charge in [0.25, 0.3) is 5.69 Å². The zero-order valence-electron chi connectivity index (χ0n) is 16.4. The molecule has 8 nitrogen and oxygen atoms in total. The van der Waals surface area contributed by atoms with E-state index in [9.17, 15) is 10.1 Å². The van der Waals surface area contributed by atoms with E-state index in [1.54, 1.807) is 12.1 Å². The van der Waals surface area contributed by atoms with Crippen LogP contribution in [-0.4, -0.2) is 4.92 Å². The second-order valence-electron chi connectivity index (χ2n) is 6.49. The van der Waals surface area contributed by atoms with Gasteiger partial charge in [-0.15, -0.1) is 10.2 Å². The van der Waals surface area contributed by atoms with E-state index in [0.717, 1.165) is 22.3 Å². The van der Waals surface area contributed by atoms with Gasteiger partial charge >= 0.3 is 11.5 Å². The lowest BCUT2D eigenvalue weighted by molar-refractivity contribution is -2.00. The molecule has 0 saturated carbocycles. The molecule has 3 aromatic carbocycles. The Bertz CT molecular complexity index is 1130. The molecule has 4 rings (SSSR count). The largest absolute Gasteiger partial charge is 0.361 e. The fourth-order valence-corrected chi connectivity index (χ4v) is 2.96. The second-order valence-corrected chi connectivity index (χ2v) is 7.25. The second kappa shape index (κ2) is 10.1. The molecule has 0 amide bonds. The highest BCUT2D eigenvalue weighted by molar-refractivity contribution is 5.75. The maximum absolute atomic E-state index is 11.1. The zero-order valence-corrected chi connectivity index (χ0v) is 17.2. The Balaban J connectivity index is 0.000000523. The SMILES string of the molecule is O=[N+]([O-])c1cccc(-c2cc(-c3ccccc3)[o+]c(-c3ccccc3)c2)c1.[O-][Cl+3]([O-])([O-])[O-]. The van der Waals surface area contributed by atoms with Crippen LogP contribution in [0, 0.1) is 20.4 Å². The van der Waals surface area contributed by atoms with Crippen molar-refractivity contribution in [2.75, 3.05) is 0 Å². The van der Waals surface area contributed by atoms with Crippen LogP contribution in [0.2, 0.25) is 0 Å². The van der Waals surface area contributed by atoms with Gasteiger partial charge in [-0.3, -0.25) is 10.1 Å².